The highest BCUT2D eigenvalue weighted by Gasteiger charge is 2.21. The third-order valence-electron chi connectivity index (χ3n) is 3.18. The zero-order chi connectivity index (χ0) is 13.5. The molecule has 1 aliphatic heterocycles. The van der Waals surface area contributed by atoms with Crippen LogP contribution in [0.15, 0.2) is 30.3 Å². The maximum Gasteiger partial charge on any atom is 0.251 e. The Morgan fingerprint density at radius 2 is 1.89 bits per heavy atom. The molecule has 1 aromatic carbocycles. The summed E-state index contributed by atoms with van der Waals surface area (Å²) in [5.74, 6) is 0.0289. The lowest BCUT2D eigenvalue weighted by Crippen LogP contribution is -2.38. The fourth-order valence-electron chi connectivity index (χ4n) is 2.08. The Kier molecular flexibility index (Phi) is 4.92. The third-order valence-corrected chi connectivity index (χ3v) is 3.18. The van der Waals surface area contributed by atoms with Crippen molar-refractivity contribution in [1.29, 1.82) is 0 Å². The molecule has 1 fully saturated rings. The highest BCUT2D eigenvalue weighted by Crippen LogP contribution is 2.06. The second-order valence-corrected chi connectivity index (χ2v) is 4.60. The van der Waals surface area contributed by atoms with Gasteiger partial charge < -0.3 is 16.0 Å². The summed E-state index contributed by atoms with van der Waals surface area (Å²) in [7, 11) is 0. The summed E-state index contributed by atoms with van der Waals surface area (Å²) in [5.41, 5.74) is 0.633. The molecule has 5 nitrogen and oxygen atoms in total. The first kappa shape index (κ1) is 13.5. The van der Waals surface area contributed by atoms with E-state index in [4.69, 9.17) is 0 Å². The van der Waals surface area contributed by atoms with Gasteiger partial charge in [0, 0.05) is 25.2 Å². The summed E-state index contributed by atoms with van der Waals surface area (Å²) < 4.78 is 0. The molecule has 1 aromatic rings. The number of hydrogen-bond acceptors (Lipinski definition) is 3. The van der Waals surface area contributed by atoms with Crippen molar-refractivity contribution in [2.45, 2.75) is 6.42 Å². The van der Waals surface area contributed by atoms with E-state index in [0.717, 1.165) is 19.5 Å². The van der Waals surface area contributed by atoms with Crippen LogP contribution >= 0.6 is 0 Å². The summed E-state index contributed by atoms with van der Waals surface area (Å²) in [5, 5.41) is 8.77. The Labute approximate surface area is 112 Å². The second-order valence-electron chi connectivity index (χ2n) is 4.60. The van der Waals surface area contributed by atoms with Crippen LogP contribution in [0.4, 0.5) is 0 Å². The SMILES string of the molecule is O=C(NCCNC(=O)C1CCNC1)c1ccccc1. The van der Waals surface area contributed by atoms with Crippen LogP contribution in [-0.2, 0) is 4.79 Å². The van der Waals surface area contributed by atoms with Gasteiger partial charge in [0.1, 0.15) is 0 Å². The maximum atomic E-state index is 11.7. The molecule has 1 unspecified atom stereocenters. The number of amides is 2. The first-order valence-corrected chi connectivity index (χ1v) is 6.59. The Hall–Kier alpha value is -1.88. The molecule has 2 rings (SSSR count). The molecule has 5 heteroatoms. The topological polar surface area (TPSA) is 70.2 Å². The molecule has 3 N–H and O–H groups in total. The molecule has 1 atom stereocenters. The van der Waals surface area contributed by atoms with Gasteiger partial charge in [-0.3, -0.25) is 9.59 Å². The minimum absolute atomic E-state index is 0.0685. The highest BCUT2D eigenvalue weighted by molar-refractivity contribution is 5.94. The van der Waals surface area contributed by atoms with Crippen molar-refractivity contribution in [1.82, 2.24) is 16.0 Å². The predicted molar refractivity (Wildman–Crippen MR) is 72.8 cm³/mol. The minimum atomic E-state index is -0.114. The summed E-state index contributed by atoms with van der Waals surface area (Å²) in [4.78, 5) is 23.4. The van der Waals surface area contributed by atoms with E-state index < -0.39 is 0 Å². The third kappa shape index (κ3) is 4.06. The quantitative estimate of drug-likeness (QED) is 0.660. The molecule has 1 saturated heterocycles. The van der Waals surface area contributed by atoms with Crippen molar-refractivity contribution in [3.05, 3.63) is 35.9 Å². The van der Waals surface area contributed by atoms with E-state index in [1.807, 2.05) is 18.2 Å². The van der Waals surface area contributed by atoms with Crippen LogP contribution in [0.5, 0.6) is 0 Å². The molecule has 1 heterocycles. The van der Waals surface area contributed by atoms with Crippen molar-refractivity contribution in [3.63, 3.8) is 0 Å². The first-order valence-electron chi connectivity index (χ1n) is 6.59. The van der Waals surface area contributed by atoms with Gasteiger partial charge >= 0.3 is 0 Å². The van der Waals surface area contributed by atoms with Gasteiger partial charge in [-0.05, 0) is 25.1 Å². The normalized spacial score (nSPS) is 18.0. The molecule has 0 aromatic heterocycles. The predicted octanol–water partition coefficient (Wildman–Crippen LogP) is 0.142. The van der Waals surface area contributed by atoms with Crippen LogP contribution < -0.4 is 16.0 Å². The number of carbonyl (C=O) groups excluding carboxylic acids is 2. The average molecular weight is 261 g/mol. The molecule has 0 aliphatic carbocycles. The Morgan fingerprint density at radius 1 is 1.16 bits per heavy atom. The standard InChI is InChI=1S/C14H19N3O2/c18-13(11-4-2-1-3-5-11)16-8-9-17-14(19)12-6-7-15-10-12/h1-5,12,15H,6-10H2,(H,16,18)(H,17,19). The number of hydrogen-bond donors (Lipinski definition) is 3. The van der Waals surface area contributed by atoms with Gasteiger partial charge in [-0.2, -0.15) is 0 Å². The fourth-order valence-corrected chi connectivity index (χ4v) is 2.08. The van der Waals surface area contributed by atoms with Gasteiger partial charge in [-0.15, -0.1) is 0 Å². The van der Waals surface area contributed by atoms with Gasteiger partial charge in [-0.1, -0.05) is 18.2 Å². The second kappa shape index (κ2) is 6.89. The smallest absolute Gasteiger partial charge is 0.251 e. The van der Waals surface area contributed by atoms with Crippen LogP contribution in [0.2, 0.25) is 0 Å². The molecule has 102 valence electrons. The largest absolute Gasteiger partial charge is 0.354 e. The van der Waals surface area contributed by atoms with Crippen molar-refractivity contribution >= 4 is 11.8 Å². The van der Waals surface area contributed by atoms with E-state index >= 15 is 0 Å². The van der Waals surface area contributed by atoms with E-state index in [1.165, 1.54) is 0 Å². The van der Waals surface area contributed by atoms with Crippen LogP contribution in [0, 0.1) is 5.92 Å². The van der Waals surface area contributed by atoms with E-state index in [9.17, 15) is 9.59 Å². The van der Waals surface area contributed by atoms with Gasteiger partial charge in [0.15, 0.2) is 0 Å². The molecular formula is C14H19N3O2. The van der Waals surface area contributed by atoms with E-state index in [-0.39, 0.29) is 17.7 Å². The van der Waals surface area contributed by atoms with Crippen LogP contribution in [0.25, 0.3) is 0 Å². The summed E-state index contributed by atoms with van der Waals surface area (Å²) in [6, 6.07) is 9.04. The molecular weight excluding hydrogens is 242 g/mol. The van der Waals surface area contributed by atoms with Crippen LogP contribution in [0.1, 0.15) is 16.8 Å². The van der Waals surface area contributed by atoms with Crippen molar-refractivity contribution in [2.24, 2.45) is 5.92 Å². The van der Waals surface area contributed by atoms with Gasteiger partial charge in [0.2, 0.25) is 5.91 Å². The molecule has 19 heavy (non-hydrogen) atoms. The number of benzene rings is 1. The van der Waals surface area contributed by atoms with Crippen molar-refractivity contribution in [3.8, 4) is 0 Å². The molecule has 0 bridgehead atoms. The summed E-state index contributed by atoms with van der Waals surface area (Å²) in [6.07, 6.45) is 0.891. The first-order chi connectivity index (χ1) is 9.27. The Balaban J connectivity index is 1.64. The molecule has 0 radical (unpaired) electrons. The zero-order valence-corrected chi connectivity index (χ0v) is 10.8. The number of nitrogens with one attached hydrogen (secondary N) is 3. The lowest BCUT2D eigenvalue weighted by Gasteiger charge is -2.10. The number of carbonyl (C=O) groups is 2. The lowest BCUT2D eigenvalue weighted by atomic mass is 10.1. The molecule has 2 amide bonds. The zero-order valence-electron chi connectivity index (χ0n) is 10.8. The summed E-state index contributed by atoms with van der Waals surface area (Å²) in [6.45, 7) is 2.57. The highest BCUT2D eigenvalue weighted by atomic mass is 16.2. The van der Waals surface area contributed by atoms with E-state index in [1.54, 1.807) is 12.1 Å². The van der Waals surface area contributed by atoms with Crippen LogP contribution in [-0.4, -0.2) is 38.0 Å². The summed E-state index contributed by atoms with van der Waals surface area (Å²) >= 11 is 0. The fraction of sp³-hybridized carbons (Fsp3) is 0.429. The minimum Gasteiger partial charge on any atom is -0.354 e. The lowest BCUT2D eigenvalue weighted by molar-refractivity contribution is -0.124. The monoisotopic (exact) mass is 261 g/mol. The van der Waals surface area contributed by atoms with Crippen molar-refractivity contribution < 1.29 is 9.59 Å². The van der Waals surface area contributed by atoms with Crippen LogP contribution in [0.3, 0.4) is 0 Å². The number of rotatable bonds is 5. The average Bonchev–Trinajstić information content (AvgIpc) is 2.98. The molecule has 1 aliphatic rings. The molecule has 0 spiro atoms. The Bertz CT molecular complexity index is 428. The maximum absolute atomic E-state index is 11.7. The van der Waals surface area contributed by atoms with Gasteiger partial charge in [0.05, 0.1) is 5.92 Å². The van der Waals surface area contributed by atoms with E-state index in [2.05, 4.69) is 16.0 Å². The van der Waals surface area contributed by atoms with E-state index in [0.29, 0.717) is 18.7 Å². The van der Waals surface area contributed by atoms with Gasteiger partial charge in [0.25, 0.3) is 5.91 Å². The molecule has 0 saturated carbocycles. The van der Waals surface area contributed by atoms with Crippen molar-refractivity contribution in [2.75, 3.05) is 26.2 Å². The Morgan fingerprint density at radius 3 is 2.58 bits per heavy atom. The van der Waals surface area contributed by atoms with Gasteiger partial charge in [-0.25, -0.2) is 0 Å².